The molecule has 0 saturated heterocycles. The Balaban J connectivity index is 2.36. The lowest BCUT2D eigenvalue weighted by molar-refractivity contribution is -0.137. The molecule has 1 aromatic carbocycles. The number of carbonyl (C=O) groups excluding carboxylic acids is 1. The number of carboxylic acid groups (broad SMARTS) is 1. The molecule has 0 aliphatic carbocycles. The van der Waals surface area contributed by atoms with Gasteiger partial charge in [-0.25, -0.2) is 4.79 Å². The fourth-order valence-corrected chi connectivity index (χ4v) is 2.15. The molecule has 6 heteroatoms. The molecule has 2 amide bonds. The van der Waals surface area contributed by atoms with Crippen molar-refractivity contribution in [2.24, 2.45) is 0 Å². The molecule has 0 radical (unpaired) electrons. The maximum absolute atomic E-state index is 11.9. The molecule has 134 valence electrons. The van der Waals surface area contributed by atoms with E-state index in [0.29, 0.717) is 0 Å². The fourth-order valence-electron chi connectivity index (χ4n) is 2.15. The van der Waals surface area contributed by atoms with E-state index in [4.69, 9.17) is 9.84 Å². The standard InChI is InChI=1S/C18H28N2O4/c1-13(2)24-16-9-7-15(8-10-16)6-5-14(3)19-18(23)20(4)12-11-17(21)22/h7-10,13-14H,5-6,11-12H2,1-4H3,(H,19,23)(H,21,22). The maximum Gasteiger partial charge on any atom is 0.317 e. The van der Waals surface area contributed by atoms with Gasteiger partial charge in [-0.2, -0.15) is 0 Å². The third-order valence-corrected chi connectivity index (χ3v) is 3.54. The predicted molar refractivity (Wildman–Crippen MR) is 93.4 cm³/mol. The lowest BCUT2D eigenvalue weighted by Gasteiger charge is -2.21. The predicted octanol–water partition coefficient (Wildman–Crippen LogP) is 2.91. The number of hydrogen-bond donors (Lipinski definition) is 2. The Morgan fingerprint density at radius 1 is 1.21 bits per heavy atom. The smallest absolute Gasteiger partial charge is 0.317 e. The maximum atomic E-state index is 11.9. The number of hydrogen-bond acceptors (Lipinski definition) is 3. The second-order valence-corrected chi connectivity index (χ2v) is 6.27. The molecule has 1 rings (SSSR count). The molecule has 0 aromatic heterocycles. The summed E-state index contributed by atoms with van der Waals surface area (Å²) in [4.78, 5) is 23.8. The third kappa shape index (κ3) is 7.85. The van der Waals surface area contributed by atoms with E-state index in [9.17, 15) is 9.59 Å². The van der Waals surface area contributed by atoms with Crippen LogP contribution in [-0.4, -0.2) is 47.7 Å². The van der Waals surface area contributed by atoms with Crippen LogP contribution in [0.4, 0.5) is 4.79 Å². The fraction of sp³-hybridized carbons (Fsp3) is 0.556. The molecular weight excluding hydrogens is 308 g/mol. The zero-order valence-electron chi connectivity index (χ0n) is 14.9. The average molecular weight is 336 g/mol. The Morgan fingerprint density at radius 3 is 2.38 bits per heavy atom. The first-order chi connectivity index (χ1) is 11.3. The van der Waals surface area contributed by atoms with Gasteiger partial charge in [0, 0.05) is 19.6 Å². The summed E-state index contributed by atoms with van der Waals surface area (Å²) in [6.07, 6.45) is 1.76. The molecule has 0 fully saturated rings. The number of nitrogens with one attached hydrogen (secondary N) is 1. The third-order valence-electron chi connectivity index (χ3n) is 3.54. The zero-order valence-corrected chi connectivity index (χ0v) is 14.9. The van der Waals surface area contributed by atoms with Crippen LogP contribution in [0.5, 0.6) is 5.75 Å². The van der Waals surface area contributed by atoms with Crippen LogP contribution in [0.3, 0.4) is 0 Å². The first-order valence-electron chi connectivity index (χ1n) is 8.27. The van der Waals surface area contributed by atoms with Crippen molar-refractivity contribution < 1.29 is 19.4 Å². The van der Waals surface area contributed by atoms with E-state index >= 15 is 0 Å². The van der Waals surface area contributed by atoms with E-state index < -0.39 is 5.97 Å². The summed E-state index contributed by atoms with van der Waals surface area (Å²) in [5.74, 6) is -0.0530. The first-order valence-corrected chi connectivity index (χ1v) is 8.27. The molecule has 2 N–H and O–H groups in total. The van der Waals surface area contributed by atoms with Crippen molar-refractivity contribution >= 4 is 12.0 Å². The largest absolute Gasteiger partial charge is 0.491 e. The number of benzene rings is 1. The number of rotatable bonds is 9. The van der Waals surface area contributed by atoms with Crippen LogP contribution >= 0.6 is 0 Å². The number of carboxylic acids is 1. The van der Waals surface area contributed by atoms with Gasteiger partial charge in [-0.05, 0) is 51.3 Å². The van der Waals surface area contributed by atoms with Crippen molar-refractivity contribution in [2.45, 2.75) is 52.2 Å². The minimum Gasteiger partial charge on any atom is -0.491 e. The van der Waals surface area contributed by atoms with Crippen molar-refractivity contribution in [2.75, 3.05) is 13.6 Å². The molecule has 0 aliphatic heterocycles. The molecule has 0 spiro atoms. The van der Waals surface area contributed by atoms with Crippen LogP contribution in [0.15, 0.2) is 24.3 Å². The van der Waals surface area contributed by atoms with Gasteiger partial charge in [0.25, 0.3) is 0 Å². The van der Waals surface area contributed by atoms with Gasteiger partial charge in [0.05, 0.1) is 12.5 Å². The molecule has 0 heterocycles. The number of carbonyl (C=O) groups is 2. The first kappa shape index (κ1) is 19.8. The van der Waals surface area contributed by atoms with E-state index in [1.165, 1.54) is 10.5 Å². The summed E-state index contributed by atoms with van der Waals surface area (Å²) in [7, 11) is 1.60. The molecule has 0 aliphatic rings. The van der Waals surface area contributed by atoms with E-state index in [0.717, 1.165) is 18.6 Å². The SMILES string of the molecule is CC(CCc1ccc(OC(C)C)cc1)NC(=O)N(C)CCC(=O)O. The minimum absolute atomic E-state index is 0.0105. The topological polar surface area (TPSA) is 78.9 Å². The molecule has 1 atom stereocenters. The van der Waals surface area contributed by atoms with Gasteiger partial charge >= 0.3 is 12.0 Å². The number of aliphatic carboxylic acids is 1. The van der Waals surface area contributed by atoms with Gasteiger partial charge in [-0.1, -0.05) is 12.1 Å². The molecular formula is C18H28N2O4. The second-order valence-electron chi connectivity index (χ2n) is 6.27. The van der Waals surface area contributed by atoms with Gasteiger partial charge in [0.1, 0.15) is 5.75 Å². The Kier molecular flexibility index (Phi) is 8.09. The average Bonchev–Trinajstić information content (AvgIpc) is 2.51. The van der Waals surface area contributed by atoms with E-state index in [2.05, 4.69) is 5.32 Å². The molecule has 1 unspecified atom stereocenters. The second kappa shape index (κ2) is 9.80. The molecule has 6 nitrogen and oxygen atoms in total. The summed E-state index contributed by atoms with van der Waals surface area (Å²) < 4.78 is 5.61. The van der Waals surface area contributed by atoms with E-state index in [1.807, 2.05) is 45.0 Å². The molecule has 0 saturated carbocycles. The highest BCUT2D eigenvalue weighted by Gasteiger charge is 2.13. The Bertz CT molecular complexity index is 528. The number of aryl methyl sites for hydroxylation is 1. The summed E-state index contributed by atoms with van der Waals surface area (Å²) in [6.45, 7) is 6.13. The Labute approximate surface area is 143 Å². The highest BCUT2D eigenvalue weighted by Crippen LogP contribution is 2.15. The number of urea groups is 1. The lowest BCUT2D eigenvalue weighted by atomic mass is 10.1. The minimum atomic E-state index is -0.910. The number of ether oxygens (including phenoxy) is 1. The zero-order chi connectivity index (χ0) is 18.1. The van der Waals surface area contributed by atoms with E-state index in [-0.39, 0.29) is 31.1 Å². The van der Waals surface area contributed by atoms with Crippen LogP contribution < -0.4 is 10.1 Å². The highest BCUT2D eigenvalue weighted by molar-refractivity contribution is 5.75. The van der Waals surface area contributed by atoms with Gasteiger partial charge in [0.15, 0.2) is 0 Å². The van der Waals surface area contributed by atoms with Crippen LogP contribution in [0, 0.1) is 0 Å². The Morgan fingerprint density at radius 2 is 1.83 bits per heavy atom. The van der Waals surface area contributed by atoms with Crippen molar-refractivity contribution in [3.63, 3.8) is 0 Å². The Hall–Kier alpha value is -2.24. The molecule has 0 bridgehead atoms. The van der Waals surface area contributed by atoms with Crippen molar-refractivity contribution in [3.05, 3.63) is 29.8 Å². The van der Waals surface area contributed by atoms with Crippen molar-refractivity contribution in [3.8, 4) is 5.75 Å². The van der Waals surface area contributed by atoms with Crippen LogP contribution in [0.25, 0.3) is 0 Å². The highest BCUT2D eigenvalue weighted by atomic mass is 16.5. The monoisotopic (exact) mass is 336 g/mol. The van der Waals surface area contributed by atoms with E-state index in [1.54, 1.807) is 7.05 Å². The van der Waals surface area contributed by atoms with Crippen LogP contribution in [0.1, 0.15) is 39.2 Å². The number of nitrogens with zero attached hydrogens (tertiary/aromatic N) is 1. The van der Waals surface area contributed by atoms with Gasteiger partial charge in [-0.3, -0.25) is 4.79 Å². The number of amides is 2. The molecule has 1 aromatic rings. The summed E-state index contributed by atoms with van der Waals surface area (Å²) in [5, 5.41) is 11.5. The molecule has 24 heavy (non-hydrogen) atoms. The van der Waals surface area contributed by atoms with Gasteiger partial charge < -0.3 is 20.1 Å². The summed E-state index contributed by atoms with van der Waals surface area (Å²) >= 11 is 0. The van der Waals surface area contributed by atoms with Crippen LogP contribution in [-0.2, 0) is 11.2 Å². The van der Waals surface area contributed by atoms with Crippen molar-refractivity contribution in [1.82, 2.24) is 10.2 Å². The summed E-state index contributed by atoms with van der Waals surface area (Å²) in [5.41, 5.74) is 1.19. The lowest BCUT2D eigenvalue weighted by Crippen LogP contribution is -2.42. The normalized spacial score (nSPS) is 11.9. The quantitative estimate of drug-likeness (QED) is 0.727. The van der Waals surface area contributed by atoms with Crippen LogP contribution in [0.2, 0.25) is 0 Å². The van der Waals surface area contributed by atoms with Gasteiger partial charge in [0.2, 0.25) is 0 Å². The van der Waals surface area contributed by atoms with Gasteiger partial charge in [-0.15, -0.1) is 0 Å². The summed E-state index contributed by atoms with van der Waals surface area (Å²) in [6, 6.07) is 7.74. The van der Waals surface area contributed by atoms with Crippen molar-refractivity contribution in [1.29, 1.82) is 0 Å².